The first-order valence-electron chi connectivity index (χ1n) is 7.13. The Morgan fingerprint density at radius 1 is 1.27 bits per heavy atom. The molecular formula is C17H15ClN2OS. The van der Waals surface area contributed by atoms with Gasteiger partial charge >= 0.3 is 0 Å². The zero-order valence-electron chi connectivity index (χ0n) is 12.1. The molecule has 2 heterocycles. The van der Waals surface area contributed by atoms with Gasteiger partial charge in [0.05, 0.1) is 18.6 Å². The number of fused-ring (bicyclic) bond motifs is 2. The van der Waals surface area contributed by atoms with E-state index in [0.717, 1.165) is 40.2 Å². The maximum Gasteiger partial charge on any atom is 0.121 e. The maximum atomic E-state index is 6.38. The van der Waals surface area contributed by atoms with E-state index >= 15 is 0 Å². The van der Waals surface area contributed by atoms with Gasteiger partial charge in [0.1, 0.15) is 17.0 Å². The lowest BCUT2D eigenvalue weighted by Crippen LogP contribution is -2.30. The maximum absolute atomic E-state index is 6.38. The molecule has 0 aliphatic carbocycles. The van der Waals surface area contributed by atoms with Crippen LogP contribution in [0.2, 0.25) is 5.02 Å². The summed E-state index contributed by atoms with van der Waals surface area (Å²) in [5.41, 5.74) is 3.41. The van der Waals surface area contributed by atoms with Gasteiger partial charge in [-0.1, -0.05) is 35.9 Å². The number of hydrogen-bond acceptors (Lipinski definition) is 4. The van der Waals surface area contributed by atoms with E-state index in [-0.39, 0.29) is 5.37 Å². The summed E-state index contributed by atoms with van der Waals surface area (Å²) < 4.78 is 5.29. The van der Waals surface area contributed by atoms with Crippen LogP contribution in [0.1, 0.15) is 16.5 Å². The Morgan fingerprint density at radius 2 is 2.14 bits per heavy atom. The molecule has 1 fully saturated rings. The van der Waals surface area contributed by atoms with Crippen molar-refractivity contribution in [3.8, 4) is 5.75 Å². The minimum atomic E-state index is 0.239. The second-order valence-corrected chi connectivity index (χ2v) is 6.81. The summed E-state index contributed by atoms with van der Waals surface area (Å²) in [6.07, 6.45) is 0. The van der Waals surface area contributed by atoms with E-state index < -0.39 is 0 Å². The third kappa shape index (κ3) is 2.27. The zero-order valence-corrected chi connectivity index (χ0v) is 13.7. The number of halogens is 1. The number of aliphatic imine (C=N–C) groups is 1. The number of methoxy groups -OCH3 is 1. The van der Waals surface area contributed by atoms with Crippen LogP contribution in [0.25, 0.3) is 0 Å². The first kappa shape index (κ1) is 14.0. The second kappa shape index (κ2) is 5.52. The van der Waals surface area contributed by atoms with Gasteiger partial charge in [-0.15, -0.1) is 11.8 Å². The fraction of sp³-hybridized carbons (Fsp3) is 0.235. The number of amidine groups is 1. The second-order valence-electron chi connectivity index (χ2n) is 5.34. The van der Waals surface area contributed by atoms with Crippen LogP contribution >= 0.6 is 23.4 Å². The van der Waals surface area contributed by atoms with Crippen LogP contribution in [-0.2, 0) is 6.54 Å². The molecule has 2 aromatic rings. The van der Waals surface area contributed by atoms with Gasteiger partial charge in [0.15, 0.2) is 0 Å². The smallest absolute Gasteiger partial charge is 0.121 e. The van der Waals surface area contributed by atoms with Crippen molar-refractivity contribution in [2.45, 2.75) is 11.9 Å². The van der Waals surface area contributed by atoms with Crippen LogP contribution < -0.4 is 4.74 Å². The summed E-state index contributed by atoms with van der Waals surface area (Å²) in [6.45, 7) is 0.862. The average Bonchev–Trinajstić information content (AvgIpc) is 2.95. The lowest BCUT2D eigenvalue weighted by atomic mass is 10.1. The Morgan fingerprint density at radius 3 is 2.95 bits per heavy atom. The standard InChI is InChI=1S/C17H15ClN2OS/c1-21-12-7-6-11-9-20-16(19-15(11)8-12)10-22-17(20)13-4-2-3-5-14(13)18/h2-8,17H,9-10H2,1H3. The van der Waals surface area contributed by atoms with E-state index in [2.05, 4.69) is 17.0 Å². The molecule has 0 radical (unpaired) electrons. The van der Waals surface area contributed by atoms with E-state index in [0.29, 0.717) is 0 Å². The molecule has 1 unspecified atom stereocenters. The molecule has 5 heteroatoms. The lowest BCUT2D eigenvalue weighted by molar-refractivity contribution is 0.396. The van der Waals surface area contributed by atoms with Crippen LogP contribution in [0.4, 0.5) is 5.69 Å². The van der Waals surface area contributed by atoms with Crippen LogP contribution in [0.15, 0.2) is 47.5 Å². The minimum absolute atomic E-state index is 0.239. The van der Waals surface area contributed by atoms with Crippen LogP contribution in [-0.4, -0.2) is 23.6 Å². The van der Waals surface area contributed by atoms with Gasteiger partial charge < -0.3 is 9.64 Å². The van der Waals surface area contributed by atoms with E-state index in [1.807, 2.05) is 42.1 Å². The fourth-order valence-electron chi connectivity index (χ4n) is 2.90. The average molecular weight is 331 g/mol. The SMILES string of the molecule is COc1ccc2c(c1)N=C1CSC(c3ccccc3Cl)N1C2. The molecule has 1 atom stereocenters. The highest BCUT2D eigenvalue weighted by molar-refractivity contribution is 8.00. The summed E-state index contributed by atoms with van der Waals surface area (Å²) in [5, 5.41) is 1.06. The van der Waals surface area contributed by atoms with E-state index in [4.69, 9.17) is 21.3 Å². The largest absolute Gasteiger partial charge is 0.497 e. The van der Waals surface area contributed by atoms with Crippen molar-refractivity contribution in [1.82, 2.24) is 4.90 Å². The van der Waals surface area contributed by atoms with Crippen molar-refractivity contribution in [1.29, 1.82) is 0 Å². The topological polar surface area (TPSA) is 24.8 Å². The zero-order chi connectivity index (χ0) is 15.1. The van der Waals surface area contributed by atoms with Gasteiger partial charge in [0.2, 0.25) is 0 Å². The van der Waals surface area contributed by atoms with Crippen LogP contribution in [0.3, 0.4) is 0 Å². The van der Waals surface area contributed by atoms with Gasteiger partial charge in [0, 0.05) is 23.2 Å². The Kier molecular flexibility index (Phi) is 3.51. The Hall–Kier alpha value is -1.65. The van der Waals surface area contributed by atoms with Gasteiger partial charge in [-0.3, -0.25) is 0 Å². The summed E-state index contributed by atoms with van der Waals surface area (Å²) >= 11 is 8.25. The number of hydrogen-bond donors (Lipinski definition) is 0. The van der Waals surface area contributed by atoms with Crippen molar-refractivity contribution < 1.29 is 4.74 Å². The summed E-state index contributed by atoms with van der Waals surface area (Å²) in [7, 11) is 1.68. The fourth-order valence-corrected chi connectivity index (χ4v) is 4.50. The first-order valence-corrected chi connectivity index (χ1v) is 8.56. The van der Waals surface area contributed by atoms with Gasteiger partial charge in [-0.25, -0.2) is 4.99 Å². The highest BCUT2D eigenvalue weighted by Gasteiger charge is 2.35. The number of thioether (sulfide) groups is 1. The van der Waals surface area contributed by atoms with Crippen molar-refractivity contribution in [2.24, 2.45) is 4.99 Å². The number of benzene rings is 2. The molecule has 0 bridgehead atoms. The molecule has 3 nitrogen and oxygen atoms in total. The Labute approximate surface area is 138 Å². The molecule has 2 aliphatic heterocycles. The highest BCUT2D eigenvalue weighted by atomic mass is 35.5. The van der Waals surface area contributed by atoms with Crippen LogP contribution in [0.5, 0.6) is 5.75 Å². The molecule has 0 spiro atoms. The molecule has 112 valence electrons. The molecule has 0 saturated carbocycles. The number of rotatable bonds is 2. The number of nitrogens with zero attached hydrogens (tertiary/aromatic N) is 2. The Bertz CT molecular complexity index is 762. The summed E-state index contributed by atoms with van der Waals surface area (Å²) in [5.74, 6) is 2.88. The van der Waals surface area contributed by atoms with Crippen molar-refractivity contribution in [3.63, 3.8) is 0 Å². The van der Waals surface area contributed by atoms with E-state index in [1.165, 1.54) is 5.56 Å². The third-order valence-corrected chi connectivity index (χ3v) is 5.63. The summed E-state index contributed by atoms with van der Waals surface area (Å²) in [4.78, 5) is 7.17. The van der Waals surface area contributed by atoms with Gasteiger partial charge in [-0.2, -0.15) is 0 Å². The molecule has 0 amide bonds. The quantitative estimate of drug-likeness (QED) is 0.802. The summed E-state index contributed by atoms with van der Waals surface area (Å²) in [6, 6.07) is 14.2. The predicted octanol–water partition coefficient (Wildman–Crippen LogP) is 4.64. The van der Waals surface area contributed by atoms with E-state index in [9.17, 15) is 0 Å². The van der Waals surface area contributed by atoms with E-state index in [1.54, 1.807) is 7.11 Å². The van der Waals surface area contributed by atoms with Gasteiger partial charge in [0.25, 0.3) is 0 Å². The molecule has 0 N–H and O–H groups in total. The van der Waals surface area contributed by atoms with Gasteiger partial charge in [-0.05, 0) is 17.7 Å². The lowest BCUT2D eigenvalue weighted by Gasteiger charge is -2.30. The van der Waals surface area contributed by atoms with Crippen molar-refractivity contribution >= 4 is 34.9 Å². The van der Waals surface area contributed by atoms with Crippen LogP contribution in [0, 0.1) is 0 Å². The molecular weight excluding hydrogens is 316 g/mol. The molecule has 4 rings (SSSR count). The highest BCUT2D eigenvalue weighted by Crippen LogP contribution is 2.45. The first-order chi connectivity index (χ1) is 10.8. The van der Waals surface area contributed by atoms with Crippen molar-refractivity contribution in [3.05, 3.63) is 58.6 Å². The minimum Gasteiger partial charge on any atom is -0.497 e. The number of ether oxygens (including phenoxy) is 1. The normalized spacial score (nSPS) is 19.5. The molecule has 22 heavy (non-hydrogen) atoms. The third-order valence-electron chi connectivity index (χ3n) is 4.04. The Balaban J connectivity index is 1.70. The van der Waals surface area contributed by atoms with Crippen molar-refractivity contribution in [2.75, 3.05) is 12.9 Å². The molecule has 2 aliphatic rings. The predicted molar refractivity (Wildman–Crippen MR) is 92.3 cm³/mol. The molecule has 0 aromatic heterocycles. The monoisotopic (exact) mass is 330 g/mol. The molecule has 2 aromatic carbocycles. The molecule has 1 saturated heterocycles.